The van der Waals surface area contributed by atoms with Crippen LogP contribution in [0.15, 0.2) is 17.5 Å². The summed E-state index contributed by atoms with van der Waals surface area (Å²) in [6, 6.07) is 4.43. The van der Waals surface area contributed by atoms with Crippen LogP contribution in [0.5, 0.6) is 0 Å². The predicted octanol–water partition coefficient (Wildman–Crippen LogP) is 1.23. The van der Waals surface area contributed by atoms with Crippen molar-refractivity contribution in [2.45, 2.75) is 31.5 Å². The lowest BCUT2D eigenvalue weighted by Crippen LogP contribution is -2.52. The van der Waals surface area contributed by atoms with E-state index < -0.39 is 0 Å². The minimum Gasteiger partial charge on any atom is -0.378 e. The van der Waals surface area contributed by atoms with Crippen LogP contribution < -0.4 is 5.32 Å². The van der Waals surface area contributed by atoms with Gasteiger partial charge in [-0.2, -0.15) is 0 Å². The molecule has 1 aromatic rings. The van der Waals surface area contributed by atoms with Crippen LogP contribution in [0, 0.1) is 0 Å². The fraction of sp³-hybridized carbons (Fsp3) is 0.615. The number of thiophene rings is 1. The zero-order chi connectivity index (χ0) is 12.4. The van der Waals surface area contributed by atoms with Crippen LogP contribution in [0.1, 0.15) is 17.7 Å². The molecule has 0 aromatic carbocycles. The minimum atomic E-state index is -0.153. The van der Waals surface area contributed by atoms with Crippen molar-refractivity contribution < 1.29 is 9.53 Å². The summed E-state index contributed by atoms with van der Waals surface area (Å²) in [5.41, 5.74) is 0. The van der Waals surface area contributed by atoms with Crippen LogP contribution >= 0.6 is 11.3 Å². The quantitative estimate of drug-likeness (QED) is 0.891. The Balaban J connectivity index is 1.66. The molecule has 1 saturated heterocycles. The Morgan fingerprint density at radius 3 is 3.06 bits per heavy atom. The van der Waals surface area contributed by atoms with Crippen molar-refractivity contribution >= 4 is 17.2 Å². The molecule has 1 atom stereocenters. The molecule has 2 aliphatic rings. The maximum absolute atomic E-state index is 12.5. The molecule has 1 aliphatic heterocycles. The van der Waals surface area contributed by atoms with Gasteiger partial charge in [0.2, 0.25) is 5.91 Å². The topological polar surface area (TPSA) is 41.6 Å². The Morgan fingerprint density at radius 1 is 1.56 bits per heavy atom. The average molecular weight is 266 g/mol. The normalized spacial score (nSPS) is 23.9. The first-order chi connectivity index (χ1) is 8.84. The number of nitrogens with one attached hydrogen (secondary N) is 1. The second kappa shape index (κ2) is 5.38. The van der Waals surface area contributed by atoms with Gasteiger partial charge in [0.1, 0.15) is 6.04 Å². The highest BCUT2D eigenvalue weighted by Crippen LogP contribution is 2.29. The van der Waals surface area contributed by atoms with Gasteiger partial charge in [-0.25, -0.2) is 0 Å². The van der Waals surface area contributed by atoms with Crippen LogP contribution in [0.2, 0.25) is 0 Å². The number of morpholine rings is 1. The minimum absolute atomic E-state index is 0.153. The number of amides is 1. The Kier molecular flexibility index (Phi) is 3.63. The van der Waals surface area contributed by atoms with E-state index in [1.807, 2.05) is 11.0 Å². The third-order valence-corrected chi connectivity index (χ3v) is 4.26. The molecule has 1 saturated carbocycles. The lowest BCUT2D eigenvalue weighted by Gasteiger charge is -2.29. The van der Waals surface area contributed by atoms with Gasteiger partial charge in [-0.3, -0.25) is 4.79 Å². The van der Waals surface area contributed by atoms with Gasteiger partial charge >= 0.3 is 0 Å². The van der Waals surface area contributed by atoms with E-state index in [9.17, 15) is 4.79 Å². The van der Waals surface area contributed by atoms with Crippen LogP contribution in [0.25, 0.3) is 0 Å². The van der Waals surface area contributed by atoms with Gasteiger partial charge in [-0.1, -0.05) is 6.07 Å². The zero-order valence-corrected chi connectivity index (χ0v) is 11.1. The number of rotatable bonds is 4. The zero-order valence-electron chi connectivity index (χ0n) is 10.3. The summed E-state index contributed by atoms with van der Waals surface area (Å²) in [7, 11) is 0. The van der Waals surface area contributed by atoms with E-state index in [-0.39, 0.29) is 11.9 Å². The molecule has 5 heteroatoms. The van der Waals surface area contributed by atoms with Gasteiger partial charge in [0.15, 0.2) is 0 Å². The van der Waals surface area contributed by atoms with E-state index in [0.717, 1.165) is 25.9 Å². The first-order valence-electron chi connectivity index (χ1n) is 6.48. The molecule has 1 aliphatic carbocycles. The van der Waals surface area contributed by atoms with Crippen molar-refractivity contribution in [3.8, 4) is 0 Å². The molecule has 0 bridgehead atoms. The van der Waals surface area contributed by atoms with Crippen molar-refractivity contribution in [3.05, 3.63) is 22.4 Å². The largest absolute Gasteiger partial charge is 0.378 e. The molecule has 18 heavy (non-hydrogen) atoms. The summed E-state index contributed by atoms with van der Waals surface area (Å²) in [4.78, 5) is 15.8. The second-order valence-corrected chi connectivity index (χ2v) is 5.89. The molecule has 1 aromatic heterocycles. The molecule has 1 amide bonds. The first-order valence-corrected chi connectivity index (χ1v) is 7.36. The molecule has 3 rings (SSSR count). The van der Waals surface area contributed by atoms with Crippen molar-refractivity contribution in [2.75, 3.05) is 19.8 Å². The summed E-state index contributed by atoms with van der Waals surface area (Å²) >= 11 is 1.71. The van der Waals surface area contributed by atoms with Crippen LogP contribution in [-0.4, -0.2) is 42.6 Å². The van der Waals surface area contributed by atoms with E-state index in [0.29, 0.717) is 19.3 Å². The van der Waals surface area contributed by atoms with Crippen LogP contribution in [0.3, 0.4) is 0 Å². The standard InChI is InChI=1S/C13H18N2O2S/c16-13(12-9-17-6-5-14-12)15(10-3-4-10)8-11-2-1-7-18-11/h1-2,7,10,12,14H,3-6,8-9H2. The highest BCUT2D eigenvalue weighted by atomic mass is 32.1. The van der Waals surface area contributed by atoms with Crippen molar-refractivity contribution in [2.24, 2.45) is 0 Å². The fourth-order valence-corrected chi connectivity index (χ4v) is 2.97. The fourth-order valence-electron chi connectivity index (χ4n) is 2.27. The Hall–Kier alpha value is -0.910. The highest BCUT2D eigenvalue weighted by Gasteiger charge is 2.36. The Morgan fingerprint density at radius 2 is 2.44 bits per heavy atom. The van der Waals surface area contributed by atoms with Gasteiger partial charge in [0.05, 0.1) is 19.8 Å². The number of carbonyl (C=O) groups excluding carboxylic acids is 1. The van der Waals surface area contributed by atoms with Gasteiger partial charge in [-0.15, -0.1) is 11.3 Å². The summed E-state index contributed by atoms with van der Waals surface area (Å²) in [6.07, 6.45) is 2.29. The number of ether oxygens (including phenoxy) is 1. The van der Waals surface area contributed by atoms with Crippen molar-refractivity contribution in [3.63, 3.8) is 0 Å². The number of hydrogen-bond donors (Lipinski definition) is 1. The molecule has 1 unspecified atom stereocenters. The molecule has 0 spiro atoms. The molecule has 1 N–H and O–H groups in total. The smallest absolute Gasteiger partial charge is 0.242 e. The number of nitrogens with zero attached hydrogens (tertiary/aromatic N) is 1. The maximum atomic E-state index is 12.5. The van der Waals surface area contributed by atoms with Gasteiger partial charge in [0.25, 0.3) is 0 Å². The molecule has 0 radical (unpaired) electrons. The van der Waals surface area contributed by atoms with Gasteiger partial charge < -0.3 is 15.0 Å². The third-order valence-electron chi connectivity index (χ3n) is 3.40. The Labute approximate surface area is 111 Å². The molecule has 98 valence electrons. The first kappa shape index (κ1) is 12.1. The van der Waals surface area contributed by atoms with E-state index in [2.05, 4.69) is 16.8 Å². The summed E-state index contributed by atoms with van der Waals surface area (Å²) < 4.78 is 5.38. The Bertz CT molecular complexity index is 397. The molecular weight excluding hydrogens is 248 g/mol. The summed E-state index contributed by atoms with van der Waals surface area (Å²) in [6.45, 7) is 2.73. The van der Waals surface area contributed by atoms with E-state index >= 15 is 0 Å². The van der Waals surface area contributed by atoms with Gasteiger partial charge in [-0.05, 0) is 24.3 Å². The lowest BCUT2D eigenvalue weighted by atomic mass is 10.2. The highest BCUT2D eigenvalue weighted by molar-refractivity contribution is 7.09. The van der Waals surface area contributed by atoms with E-state index in [4.69, 9.17) is 4.74 Å². The third kappa shape index (κ3) is 2.74. The lowest BCUT2D eigenvalue weighted by molar-refractivity contribution is -0.137. The molecule has 2 heterocycles. The molecule has 2 fully saturated rings. The monoisotopic (exact) mass is 266 g/mol. The second-order valence-electron chi connectivity index (χ2n) is 4.86. The van der Waals surface area contributed by atoms with Crippen LogP contribution in [-0.2, 0) is 16.1 Å². The predicted molar refractivity (Wildman–Crippen MR) is 70.5 cm³/mol. The number of hydrogen-bond acceptors (Lipinski definition) is 4. The average Bonchev–Trinajstić information content (AvgIpc) is 3.13. The van der Waals surface area contributed by atoms with Crippen LogP contribution in [0.4, 0.5) is 0 Å². The van der Waals surface area contributed by atoms with E-state index in [1.54, 1.807) is 11.3 Å². The summed E-state index contributed by atoms with van der Waals surface area (Å²) in [5, 5.41) is 5.31. The molecular formula is C13H18N2O2S. The van der Waals surface area contributed by atoms with Crippen molar-refractivity contribution in [1.29, 1.82) is 0 Å². The van der Waals surface area contributed by atoms with Gasteiger partial charge in [0, 0.05) is 17.5 Å². The molecule has 4 nitrogen and oxygen atoms in total. The maximum Gasteiger partial charge on any atom is 0.242 e. The SMILES string of the molecule is O=C(C1COCCN1)N(Cc1cccs1)C1CC1. The number of carbonyl (C=O) groups is 1. The van der Waals surface area contributed by atoms with Crippen molar-refractivity contribution in [1.82, 2.24) is 10.2 Å². The summed E-state index contributed by atoms with van der Waals surface area (Å²) in [5.74, 6) is 0.200. The van der Waals surface area contributed by atoms with E-state index in [1.165, 1.54) is 4.88 Å².